The summed E-state index contributed by atoms with van der Waals surface area (Å²) < 4.78 is 4.86. The van der Waals surface area contributed by atoms with Crippen LogP contribution in [0.25, 0.3) is 0 Å². The molecule has 0 saturated carbocycles. The number of hydrogen-bond acceptors (Lipinski definition) is 2. The van der Waals surface area contributed by atoms with Gasteiger partial charge in [-0.25, -0.2) is 0 Å². The van der Waals surface area contributed by atoms with Gasteiger partial charge in [-0.1, -0.05) is 32.6 Å². The summed E-state index contributed by atoms with van der Waals surface area (Å²) in [4.78, 5) is 0. The molecular weight excluding hydrogens is 150 g/mol. The summed E-state index contributed by atoms with van der Waals surface area (Å²) >= 11 is 0. The van der Waals surface area contributed by atoms with Gasteiger partial charge in [0.25, 0.3) is 0 Å². The summed E-state index contributed by atoms with van der Waals surface area (Å²) in [7, 11) is 1.54. The number of methoxy groups -OCH3 is 1. The average molecular weight is 167 g/mol. The van der Waals surface area contributed by atoms with E-state index in [-0.39, 0.29) is 0 Å². The molecule has 68 valence electrons. The topological polar surface area (TPSA) is 35.2 Å². The van der Waals surface area contributed by atoms with Crippen LogP contribution < -0.4 is 5.73 Å². The van der Waals surface area contributed by atoms with E-state index >= 15 is 0 Å². The zero-order valence-corrected chi connectivity index (χ0v) is 8.05. The molecule has 2 nitrogen and oxygen atoms in total. The molecule has 0 aromatic carbocycles. The van der Waals surface area contributed by atoms with Gasteiger partial charge in [-0.2, -0.15) is 0 Å². The molecule has 2 heteroatoms. The Morgan fingerprint density at radius 3 is 2.25 bits per heavy atom. The van der Waals surface area contributed by atoms with Gasteiger partial charge < -0.3 is 10.5 Å². The van der Waals surface area contributed by atoms with E-state index in [1.165, 1.54) is 0 Å². The molecule has 0 aliphatic carbocycles. The van der Waals surface area contributed by atoms with Crippen LogP contribution in [-0.2, 0) is 4.74 Å². The van der Waals surface area contributed by atoms with Gasteiger partial charge >= 0.3 is 0 Å². The van der Waals surface area contributed by atoms with Crippen molar-refractivity contribution in [1.29, 1.82) is 0 Å². The second-order valence-electron chi connectivity index (χ2n) is 2.96. The Morgan fingerprint density at radius 1 is 1.42 bits per heavy atom. The lowest BCUT2D eigenvalue weighted by Gasteiger charge is -2.07. The summed E-state index contributed by atoms with van der Waals surface area (Å²) in [6.45, 7) is 11.6. The molecule has 0 saturated heterocycles. The van der Waals surface area contributed by atoms with Gasteiger partial charge in [0.05, 0.1) is 12.8 Å². The van der Waals surface area contributed by atoms with Crippen LogP contribution in [0.15, 0.2) is 36.3 Å². The number of rotatable bonds is 4. The minimum Gasteiger partial charge on any atom is -0.495 e. The lowest BCUT2D eigenvalue weighted by Crippen LogP contribution is -2.03. The quantitative estimate of drug-likeness (QED) is 0.514. The first kappa shape index (κ1) is 10.8. The number of hydrogen-bond donors (Lipinski definition) is 1. The maximum absolute atomic E-state index is 5.64. The molecule has 2 N–H and O–H groups in total. The molecule has 0 aliphatic rings. The molecule has 0 aromatic heterocycles. The van der Waals surface area contributed by atoms with E-state index in [0.29, 0.717) is 17.4 Å². The standard InChI is InChI=1S/C10H17NO/c1-7(2)8(3)6-10(11)9(4)12-5/h6-7H,3-4,11H2,1-2,5H3/b10-6+. The lowest BCUT2D eigenvalue weighted by atomic mass is 10.0. The van der Waals surface area contributed by atoms with Crippen molar-refractivity contribution in [2.24, 2.45) is 11.7 Å². The smallest absolute Gasteiger partial charge is 0.134 e. The maximum Gasteiger partial charge on any atom is 0.134 e. The van der Waals surface area contributed by atoms with E-state index in [2.05, 4.69) is 27.0 Å². The van der Waals surface area contributed by atoms with Gasteiger partial charge in [0.2, 0.25) is 0 Å². The first-order chi connectivity index (χ1) is 5.49. The van der Waals surface area contributed by atoms with E-state index < -0.39 is 0 Å². The summed E-state index contributed by atoms with van der Waals surface area (Å²) in [5.74, 6) is 0.880. The zero-order valence-electron chi connectivity index (χ0n) is 8.05. The third kappa shape index (κ3) is 3.28. The van der Waals surface area contributed by atoms with Crippen LogP contribution in [0.1, 0.15) is 13.8 Å². The average Bonchev–Trinajstić information content (AvgIpc) is 2.02. The van der Waals surface area contributed by atoms with Crippen LogP contribution in [-0.4, -0.2) is 7.11 Å². The maximum atomic E-state index is 5.64. The number of allylic oxidation sites excluding steroid dienone is 2. The van der Waals surface area contributed by atoms with Crippen LogP contribution in [0.3, 0.4) is 0 Å². The van der Waals surface area contributed by atoms with Crippen molar-refractivity contribution in [1.82, 2.24) is 0 Å². The SMILES string of the molecule is C=C(OC)/C(N)=C\C(=C)C(C)C. The Bertz CT molecular complexity index is 214. The fraction of sp³-hybridized carbons (Fsp3) is 0.400. The van der Waals surface area contributed by atoms with E-state index in [9.17, 15) is 0 Å². The third-order valence-electron chi connectivity index (χ3n) is 1.65. The molecule has 0 heterocycles. The van der Waals surface area contributed by atoms with Crippen molar-refractivity contribution in [2.75, 3.05) is 7.11 Å². The van der Waals surface area contributed by atoms with Crippen LogP contribution in [0.5, 0.6) is 0 Å². The summed E-state index contributed by atoms with van der Waals surface area (Å²) in [5, 5.41) is 0. The van der Waals surface area contributed by atoms with Crippen LogP contribution >= 0.6 is 0 Å². The monoisotopic (exact) mass is 167 g/mol. The number of ether oxygens (including phenoxy) is 1. The van der Waals surface area contributed by atoms with Crippen molar-refractivity contribution in [3.63, 3.8) is 0 Å². The molecule has 0 radical (unpaired) electrons. The Morgan fingerprint density at radius 2 is 1.92 bits per heavy atom. The molecule has 0 rings (SSSR count). The highest BCUT2D eigenvalue weighted by Gasteiger charge is 2.00. The second kappa shape index (κ2) is 4.65. The van der Waals surface area contributed by atoms with Gasteiger partial charge in [-0.15, -0.1) is 0 Å². The molecule has 0 atom stereocenters. The normalized spacial score (nSPS) is 11.5. The van der Waals surface area contributed by atoms with Crippen molar-refractivity contribution < 1.29 is 4.74 Å². The van der Waals surface area contributed by atoms with Gasteiger partial charge in [0.1, 0.15) is 5.76 Å². The predicted molar refractivity (Wildman–Crippen MR) is 52.4 cm³/mol. The van der Waals surface area contributed by atoms with Crippen LogP contribution in [0, 0.1) is 5.92 Å². The fourth-order valence-corrected chi connectivity index (χ4v) is 0.565. The van der Waals surface area contributed by atoms with Crippen molar-refractivity contribution in [2.45, 2.75) is 13.8 Å². The van der Waals surface area contributed by atoms with Crippen molar-refractivity contribution >= 4 is 0 Å². The van der Waals surface area contributed by atoms with Crippen molar-refractivity contribution in [3.05, 3.63) is 36.3 Å². The van der Waals surface area contributed by atoms with E-state index in [4.69, 9.17) is 10.5 Å². The van der Waals surface area contributed by atoms with E-state index in [1.807, 2.05) is 0 Å². The van der Waals surface area contributed by atoms with Gasteiger partial charge in [0, 0.05) is 0 Å². The lowest BCUT2D eigenvalue weighted by molar-refractivity contribution is 0.302. The molecule has 0 spiro atoms. The van der Waals surface area contributed by atoms with Gasteiger partial charge in [0.15, 0.2) is 0 Å². The second-order valence-corrected chi connectivity index (χ2v) is 2.96. The molecule has 0 bridgehead atoms. The third-order valence-corrected chi connectivity index (χ3v) is 1.65. The predicted octanol–water partition coefficient (Wildman–Crippen LogP) is 2.20. The first-order valence-corrected chi connectivity index (χ1v) is 3.88. The highest BCUT2D eigenvalue weighted by atomic mass is 16.5. The summed E-state index contributed by atoms with van der Waals surface area (Å²) in [5.41, 5.74) is 7.16. The summed E-state index contributed by atoms with van der Waals surface area (Å²) in [6.07, 6.45) is 1.79. The molecule has 0 fully saturated rings. The van der Waals surface area contributed by atoms with E-state index in [0.717, 1.165) is 5.57 Å². The number of nitrogens with two attached hydrogens (primary N) is 1. The zero-order chi connectivity index (χ0) is 9.72. The minimum atomic E-state index is 0.396. The molecular formula is C10H17NO. The Kier molecular flexibility index (Phi) is 4.19. The summed E-state index contributed by atoms with van der Waals surface area (Å²) in [6, 6.07) is 0. The molecule has 0 amide bonds. The van der Waals surface area contributed by atoms with Gasteiger partial charge in [-0.05, 0) is 12.0 Å². The first-order valence-electron chi connectivity index (χ1n) is 3.88. The largest absolute Gasteiger partial charge is 0.495 e. The minimum absolute atomic E-state index is 0.396. The van der Waals surface area contributed by atoms with Crippen LogP contribution in [0.2, 0.25) is 0 Å². The van der Waals surface area contributed by atoms with E-state index in [1.54, 1.807) is 13.2 Å². The Labute approximate surface area is 74.4 Å². The molecule has 0 aromatic rings. The highest BCUT2D eigenvalue weighted by Crippen LogP contribution is 2.11. The van der Waals surface area contributed by atoms with Gasteiger partial charge in [-0.3, -0.25) is 0 Å². The molecule has 0 aliphatic heterocycles. The highest BCUT2D eigenvalue weighted by molar-refractivity contribution is 5.29. The van der Waals surface area contributed by atoms with Crippen molar-refractivity contribution in [3.8, 4) is 0 Å². The van der Waals surface area contributed by atoms with Crippen LogP contribution in [0.4, 0.5) is 0 Å². The molecule has 0 unspecified atom stereocenters. The molecule has 12 heavy (non-hydrogen) atoms. The Balaban J connectivity index is 4.36. The fourth-order valence-electron chi connectivity index (χ4n) is 0.565. The Hall–Kier alpha value is -1.18.